The van der Waals surface area contributed by atoms with Crippen LogP contribution in [0.1, 0.15) is 0 Å². The molecule has 1 aliphatic heterocycles. The van der Waals surface area contributed by atoms with Crippen molar-refractivity contribution in [3.05, 3.63) is 63.0 Å². The number of non-ortho nitro benzene ring substituents is 1. The number of pyridine rings is 1. The van der Waals surface area contributed by atoms with Crippen molar-refractivity contribution in [2.45, 2.75) is 0 Å². The van der Waals surface area contributed by atoms with Gasteiger partial charge in [0.25, 0.3) is 17.3 Å². The lowest BCUT2D eigenvalue weighted by molar-refractivity contribution is -0.600. The SMILES string of the molecule is CN1CC(=O)N(c2cc[n+](-c3ccc([N+](=O)[O-])cc3[N+](=O)[O-])cc2)C1=O. The van der Waals surface area contributed by atoms with Crippen LogP contribution in [0.2, 0.25) is 0 Å². The van der Waals surface area contributed by atoms with E-state index >= 15 is 0 Å². The molecule has 0 atom stereocenters. The van der Waals surface area contributed by atoms with Crippen LogP contribution in [0.15, 0.2) is 42.7 Å². The molecule has 2 aromatic rings. The van der Waals surface area contributed by atoms with Gasteiger partial charge in [0.05, 0.1) is 15.5 Å². The molecular weight excluding hydrogens is 346 g/mol. The van der Waals surface area contributed by atoms with Crippen molar-refractivity contribution in [2.24, 2.45) is 0 Å². The first kappa shape index (κ1) is 17.0. The molecule has 0 saturated carbocycles. The minimum Gasteiger partial charge on any atom is -0.318 e. The number of anilines is 1. The summed E-state index contributed by atoms with van der Waals surface area (Å²) >= 11 is 0. The van der Waals surface area contributed by atoms with E-state index < -0.39 is 27.3 Å². The molecule has 0 bridgehead atoms. The van der Waals surface area contributed by atoms with Gasteiger partial charge < -0.3 is 4.90 Å². The molecule has 3 rings (SSSR count). The number of likely N-dealkylation sites (N-methyl/N-ethyl adjacent to an activating group) is 1. The zero-order valence-electron chi connectivity index (χ0n) is 13.4. The fraction of sp³-hybridized carbons (Fsp3) is 0.133. The molecule has 26 heavy (non-hydrogen) atoms. The van der Waals surface area contributed by atoms with Crippen molar-refractivity contribution in [3.63, 3.8) is 0 Å². The fourth-order valence-electron chi connectivity index (χ4n) is 2.59. The quantitative estimate of drug-likeness (QED) is 0.349. The summed E-state index contributed by atoms with van der Waals surface area (Å²) in [5.41, 5.74) is -0.396. The second-order valence-corrected chi connectivity index (χ2v) is 5.52. The fourth-order valence-corrected chi connectivity index (χ4v) is 2.59. The highest BCUT2D eigenvalue weighted by atomic mass is 16.6. The van der Waals surface area contributed by atoms with Gasteiger partial charge in [-0.25, -0.2) is 9.69 Å². The second kappa shape index (κ2) is 6.20. The number of imide groups is 1. The van der Waals surface area contributed by atoms with E-state index in [2.05, 4.69) is 0 Å². The number of nitrogens with zero attached hydrogens (tertiary/aromatic N) is 5. The van der Waals surface area contributed by atoms with Crippen LogP contribution in [0.4, 0.5) is 21.9 Å². The number of aromatic nitrogens is 1. The summed E-state index contributed by atoms with van der Waals surface area (Å²) in [7, 11) is 1.50. The molecule has 11 nitrogen and oxygen atoms in total. The van der Waals surface area contributed by atoms with Gasteiger partial charge in [0.15, 0.2) is 12.4 Å². The smallest absolute Gasteiger partial charge is 0.318 e. The lowest BCUT2D eigenvalue weighted by Crippen LogP contribution is -2.34. The molecule has 2 heterocycles. The standard InChI is InChI=1S/C15H12N5O6/c1-16-9-14(21)18(15(16)22)10-4-6-17(7-5-10)12-3-2-11(19(23)24)8-13(12)20(25)26/h2-8H,9H2,1H3/q+1. The number of amides is 3. The summed E-state index contributed by atoms with van der Waals surface area (Å²) < 4.78 is 1.38. The van der Waals surface area contributed by atoms with E-state index in [1.807, 2.05) is 0 Å². The number of nitro groups is 2. The molecule has 132 valence electrons. The van der Waals surface area contributed by atoms with Crippen molar-refractivity contribution < 1.29 is 24.0 Å². The number of benzene rings is 1. The minimum absolute atomic E-state index is 0.0262. The molecule has 0 aliphatic carbocycles. The van der Waals surface area contributed by atoms with Crippen LogP contribution in [-0.4, -0.2) is 40.3 Å². The average Bonchev–Trinajstić information content (AvgIpc) is 2.86. The van der Waals surface area contributed by atoms with Gasteiger partial charge in [-0.05, 0) is 0 Å². The molecule has 11 heteroatoms. The lowest BCUT2D eigenvalue weighted by Gasteiger charge is -2.12. The first-order chi connectivity index (χ1) is 12.3. The molecule has 3 amide bonds. The summed E-state index contributed by atoms with van der Waals surface area (Å²) in [5, 5.41) is 22.0. The maximum atomic E-state index is 12.0. The molecule has 1 aliphatic rings. The van der Waals surface area contributed by atoms with Crippen LogP contribution in [0.3, 0.4) is 0 Å². The van der Waals surface area contributed by atoms with E-state index in [-0.39, 0.29) is 18.1 Å². The normalized spacial score (nSPS) is 14.0. The summed E-state index contributed by atoms with van der Waals surface area (Å²) in [5.74, 6) is -0.378. The molecule has 1 aromatic heterocycles. The van der Waals surface area contributed by atoms with Crippen molar-refractivity contribution in [1.29, 1.82) is 0 Å². The zero-order valence-corrected chi connectivity index (χ0v) is 13.4. The largest absolute Gasteiger partial charge is 0.347 e. The molecular formula is C15H12N5O6+. The molecule has 1 saturated heterocycles. The summed E-state index contributed by atoms with van der Waals surface area (Å²) in [6.07, 6.45) is 2.87. The van der Waals surface area contributed by atoms with E-state index in [0.717, 1.165) is 17.0 Å². The predicted octanol–water partition coefficient (Wildman–Crippen LogP) is 1.18. The highest BCUT2D eigenvalue weighted by Crippen LogP contribution is 2.25. The Morgan fingerprint density at radius 1 is 1.04 bits per heavy atom. The topological polar surface area (TPSA) is 131 Å². The van der Waals surface area contributed by atoms with Crippen LogP contribution < -0.4 is 9.47 Å². The van der Waals surface area contributed by atoms with Crippen LogP contribution in [0.25, 0.3) is 5.69 Å². The number of hydrogen-bond acceptors (Lipinski definition) is 6. The average molecular weight is 358 g/mol. The van der Waals surface area contributed by atoms with Crippen LogP contribution in [-0.2, 0) is 4.79 Å². The van der Waals surface area contributed by atoms with Crippen LogP contribution in [0, 0.1) is 20.2 Å². The first-order valence-electron chi connectivity index (χ1n) is 7.32. The third-order valence-electron chi connectivity index (χ3n) is 3.85. The van der Waals surface area contributed by atoms with Crippen molar-refractivity contribution >= 4 is 29.0 Å². The molecule has 1 aromatic carbocycles. The van der Waals surface area contributed by atoms with Crippen LogP contribution >= 0.6 is 0 Å². The highest BCUT2D eigenvalue weighted by Gasteiger charge is 2.35. The third kappa shape index (κ3) is 2.81. The number of carbonyl (C=O) groups excluding carboxylic acids is 2. The van der Waals surface area contributed by atoms with Gasteiger partial charge in [-0.1, -0.05) is 0 Å². The predicted molar refractivity (Wildman–Crippen MR) is 86.8 cm³/mol. The number of nitro benzene ring substituents is 2. The van der Waals surface area contributed by atoms with E-state index in [4.69, 9.17) is 0 Å². The molecule has 1 fully saturated rings. The van der Waals surface area contributed by atoms with Crippen molar-refractivity contribution in [3.8, 4) is 5.69 Å². The summed E-state index contributed by atoms with van der Waals surface area (Å²) in [6.45, 7) is -0.0262. The Hall–Kier alpha value is -3.89. The Labute approximate surface area is 146 Å². The van der Waals surface area contributed by atoms with E-state index in [0.29, 0.717) is 5.69 Å². The van der Waals surface area contributed by atoms with Gasteiger partial charge in [-0.3, -0.25) is 25.0 Å². The lowest BCUT2D eigenvalue weighted by atomic mass is 10.2. The number of carbonyl (C=O) groups is 2. The third-order valence-corrected chi connectivity index (χ3v) is 3.85. The van der Waals surface area contributed by atoms with E-state index in [1.165, 1.54) is 47.1 Å². The Bertz CT molecular complexity index is 942. The van der Waals surface area contributed by atoms with Gasteiger partial charge in [0.2, 0.25) is 0 Å². The van der Waals surface area contributed by atoms with E-state index in [1.54, 1.807) is 0 Å². The Balaban J connectivity index is 1.99. The molecule has 0 N–H and O–H groups in total. The zero-order chi connectivity index (χ0) is 19.0. The summed E-state index contributed by atoms with van der Waals surface area (Å²) in [4.78, 5) is 46.8. The van der Waals surface area contributed by atoms with Gasteiger partial charge in [-0.15, -0.1) is 0 Å². The Morgan fingerprint density at radius 2 is 1.69 bits per heavy atom. The Kier molecular flexibility index (Phi) is 4.04. The highest BCUT2D eigenvalue weighted by molar-refractivity contribution is 6.19. The molecule has 0 spiro atoms. The molecule has 0 unspecified atom stereocenters. The minimum atomic E-state index is -0.717. The monoisotopic (exact) mass is 358 g/mol. The maximum absolute atomic E-state index is 12.0. The maximum Gasteiger partial charge on any atom is 0.347 e. The van der Waals surface area contributed by atoms with Crippen molar-refractivity contribution in [2.75, 3.05) is 18.5 Å². The van der Waals surface area contributed by atoms with Gasteiger partial charge in [0.1, 0.15) is 12.6 Å². The number of urea groups is 1. The van der Waals surface area contributed by atoms with Crippen LogP contribution in [0.5, 0.6) is 0 Å². The number of rotatable bonds is 4. The number of hydrogen-bond donors (Lipinski definition) is 0. The van der Waals surface area contributed by atoms with Gasteiger partial charge in [-0.2, -0.15) is 4.57 Å². The van der Waals surface area contributed by atoms with E-state index in [9.17, 15) is 29.8 Å². The second-order valence-electron chi connectivity index (χ2n) is 5.52. The Morgan fingerprint density at radius 3 is 2.19 bits per heavy atom. The van der Waals surface area contributed by atoms with Gasteiger partial charge in [0, 0.05) is 31.3 Å². The molecule has 0 radical (unpaired) electrons. The summed E-state index contributed by atoms with van der Waals surface area (Å²) in [6, 6.07) is 5.75. The first-order valence-corrected chi connectivity index (χ1v) is 7.32. The van der Waals surface area contributed by atoms with Crippen molar-refractivity contribution in [1.82, 2.24) is 4.90 Å². The van der Waals surface area contributed by atoms with Gasteiger partial charge >= 0.3 is 11.7 Å².